The highest BCUT2D eigenvalue weighted by Gasteiger charge is 2.30. The fourth-order valence-electron chi connectivity index (χ4n) is 2.76. The summed E-state index contributed by atoms with van der Waals surface area (Å²) in [5.74, 6) is 0.609. The van der Waals surface area contributed by atoms with Crippen molar-refractivity contribution in [2.24, 2.45) is 11.8 Å². The van der Waals surface area contributed by atoms with E-state index in [2.05, 4.69) is 24.5 Å². The highest BCUT2D eigenvalue weighted by atomic mass is 32.1. The number of hydrogen-bond donors (Lipinski definition) is 2. The van der Waals surface area contributed by atoms with Crippen LogP contribution >= 0.6 is 11.3 Å². The summed E-state index contributed by atoms with van der Waals surface area (Å²) < 4.78 is 0. The van der Waals surface area contributed by atoms with Crippen molar-refractivity contribution < 1.29 is 9.59 Å². The Balaban J connectivity index is 1.66. The predicted molar refractivity (Wildman–Crippen MR) is 102 cm³/mol. The molecule has 1 aromatic heterocycles. The summed E-state index contributed by atoms with van der Waals surface area (Å²) >= 11 is 1.33. The molecule has 1 aliphatic carbocycles. The Bertz CT molecular complexity index is 735. The first-order valence-electron chi connectivity index (χ1n) is 8.79. The summed E-state index contributed by atoms with van der Waals surface area (Å²) in [6.07, 6.45) is 2.82. The van der Waals surface area contributed by atoms with Gasteiger partial charge in [0.05, 0.1) is 15.9 Å². The molecule has 2 aromatic rings. The third kappa shape index (κ3) is 4.92. The van der Waals surface area contributed by atoms with Gasteiger partial charge in [0.25, 0.3) is 5.91 Å². The van der Waals surface area contributed by atoms with Crippen LogP contribution in [0.5, 0.6) is 0 Å². The van der Waals surface area contributed by atoms with Crippen LogP contribution in [0.4, 0.5) is 5.00 Å². The highest BCUT2D eigenvalue weighted by molar-refractivity contribution is 7.18. The molecule has 2 N–H and O–H groups in total. The number of amides is 2. The Labute approximate surface area is 152 Å². The van der Waals surface area contributed by atoms with E-state index in [1.807, 2.05) is 30.3 Å². The summed E-state index contributed by atoms with van der Waals surface area (Å²) in [7, 11) is 0. The minimum Gasteiger partial charge on any atom is -0.345 e. The molecule has 0 spiro atoms. The number of carbonyl (C=O) groups is 2. The number of carbonyl (C=O) groups excluding carboxylic acids is 2. The van der Waals surface area contributed by atoms with E-state index in [4.69, 9.17) is 0 Å². The highest BCUT2D eigenvalue weighted by Crippen LogP contribution is 2.32. The second-order valence-corrected chi connectivity index (χ2v) is 8.08. The molecule has 0 unspecified atom stereocenters. The van der Waals surface area contributed by atoms with Crippen molar-refractivity contribution in [3.05, 3.63) is 52.9 Å². The van der Waals surface area contributed by atoms with E-state index >= 15 is 0 Å². The van der Waals surface area contributed by atoms with E-state index in [-0.39, 0.29) is 23.8 Å². The van der Waals surface area contributed by atoms with Crippen LogP contribution in [0.2, 0.25) is 0 Å². The van der Waals surface area contributed by atoms with Gasteiger partial charge in [0.1, 0.15) is 0 Å². The summed E-state index contributed by atoms with van der Waals surface area (Å²) in [5, 5.41) is 6.78. The molecule has 1 aliphatic rings. The summed E-state index contributed by atoms with van der Waals surface area (Å²) in [5.41, 5.74) is 1.11. The molecule has 132 valence electrons. The molecule has 4 nitrogen and oxygen atoms in total. The first-order chi connectivity index (χ1) is 12.0. The zero-order valence-electron chi connectivity index (χ0n) is 14.6. The molecule has 5 heteroatoms. The third-order valence-electron chi connectivity index (χ3n) is 4.24. The summed E-state index contributed by atoms with van der Waals surface area (Å²) in [6, 6.07) is 13.6. The van der Waals surface area contributed by atoms with E-state index in [0.717, 1.165) is 29.8 Å². The molecular weight excluding hydrogens is 332 g/mol. The lowest BCUT2D eigenvalue weighted by molar-refractivity contribution is -0.117. The lowest BCUT2D eigenvalue weighted by Gasteiger charge is -2.20. The normalized spacial score (nSPS) is 15.0. The third-order valence-corrected chi connectivity index (χ3v) is 5.24. The van der Waals surface area contributed by atoms with Gasteiger partial charge in [-0.3, -0.25) is 9.59 Å². The van der Waals surface area contributed by atoms with Crippen LogP contribution in [0.1, 0.15) is 54.4 Å². The Morgan fingerprint density at radius 3 is 2.48 bits per heavy atom. The van der Waals surface area contributed by atoms with Gasteiger partial charge >= 0.3 is 0 Å². The first kappa shape index (κ1) is 17.7. The zero-order valence-corrected chi connectivity index (χ0v) is 15.4. The molecular formula is C20H24N2O2S. The molecule has 1 aromatic carbocycles. The largest absolute Gasteiger partial charge is 0.345 e. The molecule has 1 fully saturated rings. The summed E-state index contributed by atoms with van der Waals surface area (Å²) in [6.45, 7) is 4.30. The Morgan fingerprint density at radius 1 is 1.12 bits per heavy atom. The standard InChI is InChI=1S/C20H24N2O2S/c1-13(2)12-16(14-6-4-3-5-7-14)21-20(24)17-10-11-18(25-17)22-19(23)15-8-9-15/h3-7,10-11,13,15-16H,8-9,12H2,1-2H3,(H,21,24)(H,22,23)/t16-/m1/s1. The molecule has 1 saturated carbocycles. The fourth-order valence-corrected chi connectivity index (χ4v) is 3.57. The number of hydrogen-bond acceptors (Lipinski definition) is 3. The molecule has 0 bridgehead atoms. The van der Waals surface area contributed by atoms with Crippen molar-refractivity contribution in [3.8, 4) is 0 Å². The quantitative estimate of drug-likeness (QED) is 0.761. The lowest BCUT2D eigenvalue weighted by atomic mass is 9.97. The minimum atomic E-state index is -0.0913. The van der Waals surface area contributed by atoms with Gasteiger partial charge in [0, 0.05) is 5.92 Å². The van der Waals surface area contributed by atoms with Gasteiger partial charge in [-0.1, -0.05) is 44.2 Å². The molecule has 3 rings (SSSR count). The Kier molecular flexibility index (Phi) is 5.53. The fraction of sp³-hybridized carbons (Fsp3) is 0.400. The van der Waals surface area contributed by atoms with E-state index in [1.165, 1.54) is 11.3 Å². The topological polar surface area (TPSA) is 58.2 Å². The molecule has 2 amide bonds. The van der Waals surface area contributed by atoms with Crippen molar-refractivity contribution >= 4 is 28.2 Å². The van der Waals surface area contributed by atoms with Gasteiger partial charge in [0.15, 0.2) is 0 Å². The van der Waals surface area contributed by atoms with Crippen LogP contribution in [0.3, 0.4) is 0 Å². The van der Waals surface area contributed by atoms with Gasteiger partial charge in [-0.15, -0.1) is 11.3 Å². The number of anilines is 1. The second kappa shape index (κ2) is 7.83. The first-order valence-corrected chi connectivity index (χ1v) is 9.61. The molecule has 0 saturated heterocycles. The van der Waals surface area contributed by atoms with Crippen LogP contribution in [-0.2, 0) is 4.79 Å². The maximum Gasteiger partial charge on any atom is 0.261 e. The molecule has 0 radical (unpaired) electrons. The van der Waals surface area contributed by atoms with Crippen LogP contribution in [0.15, 0.2) is 42.5 Å². The zero-order chi connectivity index (χ0) is 17.8. The second-order valence-electron chi connectivity index (χ2n) is 6.99. The van der Waals surface area contributed by atoms with Crippen LogP contribution < -0.4 is 10.6 Å². The molecule has 25 heavy (non-hydrogen) atoms. The van der Waals surface area contributed by atoms with E-state index in [9.17, 15) is 9.59 Å². The van der Waals surface area contributed by atoms with Crippen molar-refractivity contribution in [1.29, 1.82) is 0 Å². The van der Waals surface area contributed by atoms with E-state index in [1.54, 1.807) is 12.1 Å². The number of thiophene rings is 1. The minimum absolute atomic E-state index is 0.0136. The van der Waals surface area contributed by atoms with Gasteiger partial charge in [-0.25, -0.2) is 0 Å². The number of rotatable bonds is 7. The van der Waals surface area contributed by atoms with Crippen LogP contribution in [-0.4, -0.2) is 11.8 Å². The molecule has 0 aliphatic heterocycles. The maximum absolute atomic E-state index is 12.6. The average Bonchev–Trinajstić information content (AvgIpc) is 3.34. The Morgan fingerprint density at radius 2 is 1.84 bits per heavy atom. The van der Waals surface area contributed by atoms with Crippen LogP contribution in [0, 0.1) is 11.8 Å². The summed E-state index contributed by atoms with van der Waals surface area (Å²) in [4.78, 5) is 25.1. The van der Waals surface area contributed by atoms with Gasteiger partial charge in [-0.05, 0) is 42.9 Å². The smallest absolute Gasteiger partial charge is 0.261 e. The number of nitrogens with one attached hydrogen (secondary N) is 2. The van der Waals surface area contributed by atoms with Gasteiger partial charge in [-0.2, -0.15) is 0 Å². The SMILES string of the molecule is CC(C)C[C@@H](NC(=O)c1ccc(NC(=O)C2CC2)s1)c1ccccc1. The molecule has 1 heterocycles. The van der Waals surface area contributed by atoms with E-state index < -0.39 is 0 Å². The van der Waals surface area contributed by atoms with Gasteiger partial charge < -0.3 is 10.6 Å². The molecule has 1 atom stereocenters. The van der Waals surface area contributed by atoms with E-state index in [0.29, 0.717) is 10.8 Å². The maximum atomic E-state index is 12.6. The average molecular weight is 356 g/mol. The lowest BCUT2D eigenvalue weighted by Crippen LogP contribution is -2.28. The van der Waals surface area contributed by atoms with Crippen LogP contribution in [0.25, 0.3) is 0 Å². The van der Waals surface area contributed by atoms with Crippen molar-refractivity contribution in [2.75, 3.05) is 5.32 Å². The van der Waals surface area contributed by atoms with Crippen molar-refractivity contribution in [1.82, 2.24) is 5.32 Å². The van der Waals surface area contributed by atoms with Crippen molar-refractivity contribution in [2.45, 2.75) is 39.2 Å². The van der Waals surface area contributed by atoms with Crippen molar-refractivity contribution in [3.63, 3.8) is 0 Å². The number of benzene rings is 1. The Hall–Kier alpha value is -2.14. The van der Waals surface area contributed by atoms with Gasteiger partial charge in [0.2, 0.25) is 5.91 Å². The predicted octanol–water partition coefficient (Wildman–Crippen LogP) is 4.61. The monoisotopic (exact) mass is 356 g/mol.